The van der Waals surface area contributed by atoms with Crippen molar-refractivity contribution >= 4 is 0 Å². The van der Waals surface area contributed by atoms with Gasteiger partial charge in [-0.1, -0.05) is 97.1 Å². The number of hydrogen-bond acceptors (Lipinski definition) is 0. The minimum Gasteiger partial charge on any atom is -0.0738 e. The van der Waals surface area contributed by atoms with Crippen LogP contribution in [-0.4, -0.2) is 0 Å². The molecular formula is C25H46. The van der Waals surface area contributed by atoms with Crippen molar-refractivity contribution in [3.05, 3.63) is 22.8 Å². The van der Waals surface area contributed by atoms with E-state index in [9.17, 15) is 0 Å². The van der Waals surface area contributed by atoms with Gasteiger partial charge in [0.15, 0.2) is 0 Å². The predicted octanol–water partition coefficient (Wildman–Crippen LogP) is 9.16. The molecule has 0 fully saturated rings. The van der Waals surface area contributed by atoms with E-state index in [0.29, 0.717) is 0 Å². The van der Waals surface area contributed by atoms with E-state index in [2.05, 4.69) is 33.8 Å². The highest BCUT2D eigenvalue weighted by atomic mass is 14.3. The van der Waals surface area contributed by atoms with Crippen molar-refractivity contribution in [2.24, 2.45) is 5.92 Å². The molecule has 0 nitrogen and oxygen atoms in total. The van der Waals surface area contributed by atoms with Gasteiger partial charge in [-0.2, -0.15) is 0 Å². The Labute approximate surface area is 159 Å². The van der Waals surface area contributed by atoms with Crippen LogP contribution in [0.15, 0.2) is 22.8 Å². The fraction of sp³-hybridized carbons (Fsp3) is 0.840. The van der Waals surface area contributed by atoms with Crippen LogP contribution in [0.1, 0.15) is 130 Å². The summed E-state index contributed by atoms with van der Waals surface area (Å²) in [4.78, 5) is 0. The fourth-order valence-corrected chi connectivity index (χ4v) is 4.32. The van der Waals surface area contributed by atoms with E-state index in [1.165, 1.54) is 103 Å². The molecule has 0 aromatic rings. The van der Waals surface area contributed by atoms with Crippen LogP contribution in [0.5, 0.6) is 0 Å². The third-order valence-electron chi connectivity index (χ3n) is 5.87. The van der Waals surface area contributed by atoms with Gasteiger partial charge in [-0.15, -0.1) is 0 Å². The Morgan fingerprint density at radius 2 is 1.12 bits per heavy atom. The Morgan fingerprint density at radius 1 is 0.600 bits per heavy atom. The Morgan fingerprint density at radius 3 is 1.72 bits per heavy atom. The number of hydrogen-bond donors (Lipinski definition) is 0. The largest absolute Gasteiger partial charge is 0.0738 e. The lowest BCUT2D eigenvalue weighted by Crippen LogP contribution is -2.01. The van der Waals surface area contributed by atoms with Crippen LogP contribution in [0.4, 0.5) is 0 Å². The first-order valence-corrected chi connectivity index (χ1v) is 11.7. The summed E-state index contributed by atoms with van der Waals surface area (Å²) in [6, 6.07) is 0. The van der Waals surface area contributed by atoms with Crippen molar-refractivity contribution in [1.82, 2.24) is 0 Å². The molecule has 0 radical (unpaired) electrons. The predicted molar refractivity (Wildman–Crippen MR) is 115 cm³/mol. The average molecular weight is 347 g/mol. The summed E-state index contributed by atoms with van der Waals surface area (Å²) < 4.78 is 0. The van der Waals surface area contributed by atoms with Crippen molar-refractivity contribution in [2.45, 2.75) is 130 Å². The lowest BCUT2D eigenvalue weighted by Gasteiger charge is -2.17. The highest BCUT2D eigenvalue weighted by molar-refractivity contribution is 5.45. The Bertz CT molecular complexity index is 385. The van der Waals surface area contributed by atoms with Gasteiger partial charge in [0.2, 0.25) is 0 Å². The van der Waals surface area contributed by atoms with Crippen LogP contribution in [0.3, 0.4) is 0 Å². The first-order chi connectivity index (χ1) is 12.3. The third-order valence-corrected chi connectivity index (χ3v) is 5.87. The number of rotatable bonds is 16. The van der Waals surface area contributed by atoms with Gasteiger partial charge in [-0.25, -0.2) is 0 Å². The van der Waals surface area contributed by atoms with Crippen molar-refractivity contribution in [3.8, 4) is 0 Å². The summed E-state index contributed by atoms with van der Waals surface area (Å²) in [6.07, 6.45) is 24.8. The highest BCUT2D eigenvalue weighted by Gasteiger charge is 2.24. The van der Waals surface area contributed by atoms with Gasteiger partial charge >= 0.3 is 0 Å². The lowest BCUT2D eigenvalue weighted by atomic mass is 9.88. The van der Waals surface area contributed by atoms with E-state index < -0.39 is 0 Å². The molecule has 0 bridgehead atoms. The molecule has 0 aromatic carbocycles. The molecule has 1 unspecified atom stereocenters. The molecule has 0 N–H and O–H groups in total. The van der Waals surface area contributed by atoms with Crippen molar-refractivity contribution in [3.63, 3.8) is 0 Å². The monoisotopic (exact) mass is 346 g/mol. The summed E-state index contributed by atoms with van der Waals surface area (Å²) in [5.74, 6) is 0.789. The normalized spacial score (nSPS) is 17.4. The van der Waals surface area contributed by atoms with Gasteiger partial charge in [-0.05, 0) is 62.0 Å². The van der Waals surface area contributed by atoms with Crippen molar-refractivity contribution in [1.29, 1.82) is 0 Å². The van der Waals surface area contributed by atoms with E-state index in [1.807, 2.05) is 11.1 Å². The number of unbranched alkanes of at least 4 members (excludes halogenated alkanes) is 8. The minimum absolute atomic E-state index is 0.789. The highest BCUT2D eigenvalue weighted by Crippen LogP contribution is 2.41. The molecule has 0 saturated heterocycles. The van der Waals surface area contributed by atoms with Gasteiger partial charge in [0, 0.05) is 0 Å². The Balaban J connectivity index is 2.84. The summed E-state index contributed by atoms with van der Waals surface area (Å²) >= 11 is 0. The molecule has 0 aromatic heterocycles. The zero-order chi connectivity index (χ0) is 18.3. The quantitative estimate of drug-likeness (QED) is 0.244. The molecule has 1 aliphatic rings. The van der Waals surface area contributed by atoms with Crippen LogP contribution in [0, 0.1) is 5.92 Å². The summed E-state index contributed by atoms with van der Waals surface area (Å²) in [5.41, 5.74) is 5.45. The van der Waals surface area contributed by atoms with Crippen LogP contribution >= 0.6 is 0 Å². The average Bonchev–Trinajstić information content (AvgIpc) is 2.93. The molecule has 1 aliphatic carbocycles. The minimum atomic E-state index is 0.789. The van der Waals surface area contributed by atoms with Crippen molar-refractivity contribution < 1.29 is 0 Å². The van der Waals surface area contributed by atoms with E-state index in [0.717, 1.165) is 5.92 Å². The number of allylic oxidation sites excluding steroid dienone is 4. The second-order valence-electron chi connectivity index (χ2n) is 8.17. The molecule has 25 heavy (non-hydrogen) atoms. The van der Waals surface area contributed by atoms with E-state index in [4.69, 9.17) is 0 Å². The first-order valence-electron chi connectivity index (χ1n) is 11.7. The fourth-order valence-electron chi connectivity index (χ4n) is 4.32. The zero-order valence-electron chi connectivity index (χ0n) is 18.0. The molecule has 0 saturated carbocycles. The third kappa shape index (κ3) is 8.61. The molecule has 146 valence electrons. The van der Waals surface area contributed by atoms with Crippen molar-refractivity contribution in [2.75, 3.05) is 0 Å². The van der Waals surface area contributed by atoms with Crippen LogP contribution in [0.25, 0.3) is 0 Å². The second-order valence-corrected chi connectivity index (χ2v) is 8.17. The van der Waals surface area contributed by atoms with E-state index >= 15 is 0 Å². The maximum absolute atomic E-state index is 2.72. The standard InChI is InChI=1S/C25H46/c1-5-9-13-17-22-21-23(18-14-10-6-2)25(20-16-12-8-4)24(22)19-15-11-7-3/h21-22H,5-20H2,1-4H3. The summed E-state index contributed by atoms with van der Waals surface area (Å²) in [7, 11) is 0. The van der Waals surface area contributed by atoms with Crippen LogP contribution in [0.2, 0.25) is 0 Å². The first kappa shape index (κ1) is 22.5. The van der Waals surface area contributed by atoms with E-state index in [1.54, 1.807) is 5.57 Å². The zero-order valence-corrected chi connectivity index (χ0v) is 18.0. The maximum atomic E-state index is 2.72. The molecule has 0 amide bonds. The molecule has 1 atom stereocenters. The molecule has 1 rings (SSSR count). The van der Waals surface area contributed by atoms with Gasteiger partial charge in [-0.3, -0.25) is 0 Å². The summed E-state index contributed by atoms with van der Waals surface area (Å²) in [5, 5.41) is 0. The molecule has 0 spiro atoms. The van der Waals surface area contributed by atoms with Crippen LogP contribution in [-0.2, 0) is 0 Å². The molecule has 0 aliphatic heterocycles. The van der Waals surface area contributed by atoms with Gasteiger partial charge in [0.1, 0.15) is 0 Å². The van der Waals surface area contributed by atoms with Gasteiger partial charge in [0.05, 0.1) is 0 Å². The SMILES string of the molecule is CCCCCC1=CC(CCCCC)C(CCCCC)=C1CCCCC. The van der Waals surface area contributed by atoms with Gasteiger partial charge in [0.25, 0.3) is 0 Å². The molecular weight excluding hydrogens is 300 g/mol. The lowest BCUT2D eigenvalue weighted by molar-refractivity contribution is 0.567. The second kappa shape index (κ2) is 14.6. The maximum Gasteiger partial charge on any atom is -0.00114 e. The molecule has 0 heteroatoms. The van der Waals surface area contributed by atoms with E-state index in [-0.39, 0.29) is 0 Å². The van der Waals surface area contributed by atoms with Gasteiger partial charge < -0.3 is 0 Å². The topological polar surface area (TPSA) is 0 Å². The van der Waals surface area contributed by atoms with Crippen LogP contribution < -0.4 is 0 Å². The smallest absolute Gasteiger partial charge is 0.00114 e. The summed E-state index contributed by atoms with van der Waals surface area (Å²) in [6.45, 7) is 9.31. The Kier molecular flexibility index (Phi) is 13.2. The Hall–Kier alpha value is -0.520. The molecule has 0 heterocycles.